The maximum Gasteiger partial charge on any atom is 0.254 e. The zero-order chi connectivity index (χ0) is 23.4. The Morgan fingerprint density at radius 2 is 1.79 bits per heavy atom. The normalized spacial score (nSPS) is 17.4. The van der Waals surface area contributed by atoms with E-state index in [4.69, 9.17) is 15.7 Å². The minimum atomic E-state index is -1.00. The second-order valence-electron chi connectivity index (χ2n) is 8.58. The van der Waals surface area contributed by atoms with Gasteiger partial charge in [-0.2, -0.15) is 10.5 Å². The highest BCUT2D eigenvalue weighted by atomic mass is 16.5. The number of ether oxygens (including phenoxy) is 1. The molecular weight excluding hydrogens is 418 g/mol. The maximum atomic E-state index is 12.9. The molecule has 8 heteroatoms. The summed E-state index contributed by atoms with van der Waals surface area (Å²) >= 11 is 0. The van der Waals surface area contributed by atoms with Gasteiger partial charge in [0.1, 0.15) is 6.04 Å². The highest BCUT2D eigenvalue weighted by molar-refractivity contribution is 5.94. The SMILES string of the molecule is N#Cc1ccc(C(=O)N2Cc3ccc(CC(C#N)NC(=O)C4(N)CCOCC4)cc3C2)cc1. The molecule has 2 aliphatic heterocycles. The molecule has 0 saturated carbocycles. The Bertz CT molecular complexity index is 1140. The van der Waals surface area contributed by atoms with E-state index in [0.29, 0.717) is 56.7 Å². The Balaban J connectivity index is 1.40. The number of nitrogens with zero attached hydrogens (tertiary/aromatic N) is 3. The Hall–Kier alpha value is -3.72. The summed E-state index contributed by atoms with van der Waals surface area (Å²) in [6, 6.07) is 16.0. The van der Waals surface area contributed by atoms with E-state index in [9.17, 15) is 14.9 Å². The van der Waals surface area contributed by atoms with Crippen molar-refractivity contribution in [3.05, 3.63) is 70.3 Å². The van der Waals surface area contributed by atoms with Crippen molar-refractivity contribution >= 4 is 11.8 Å². The van der Waals surface area contributed by atoms with Gasteiger partial charge in [-0.25, -0.2) is 0 Å². The molecule has 0 aliphatic carbocycles. The molecule has 2 aromatic rings. The predicted molar refractivity (Wildman–Crippen MR) is 119 cm³/mol. The van der Waals surface area contributed by atoms with E-state index < -0.39 is 11.6 Å². The Morgan fingerprint density at radius 3 is 2.45 bits per heavy atom. The minimum Gasteiger partial charge on any atom is -0.381 e. The van der Waals surface area contributed by atoms with Crippen LogP contribution in [0.15, 0.2) is 42.5 Å². The van der Waals surface area contributed by atoms with Crippen LogP contribution in [0.25, 0.3) is 0 Å². The van der Waals surface area contributed by atoms with Crippen LogP contribution in [0.3, 0.4) is 0 Å². The lowest BCUT2D eigenvalue weighted by Crippen LogP contribution is -2.58. The van der Waals surface area contributed by atoms with Crippen molar-refractivity contribution in [3.8, 4) is 12.1 Å². The number of amides is 2. The largest absolute Gasteiger partial charge is 0.381 e. The number of benzene rings is 2. The Morgan fingerprint density at radius 1 is 1.09 bits per heavy atom. The molecule has 0 radical (unpaired) electrons. The van der Waals surface area contributed by atoms with Crippen LogP contribution in [0.1, 0.15) is 45.5 Å². The topological polar surface area (TPSA) is 132 Å². The van der Waals surface area contributed by atoms with E-state index in [1.165, 1.54) is 0 Å². The smallest absolute Gasteiger partial charge is 0.254 e. The monoisotopic (exact) mass is 443 g/mol. The summed E-state index contributed by atoms with van der Waals surface area (Å²) in [5.74, 6) is -0.415. The number of nitriles is 2. The molecule has 2 aliphatic rings. The first-order valence-corrected chi connectivity index (χ1v) is 10.9. The lowest BCUT2D eigenvalue weighted by Gasteiger charge is -2.32. The van der Waals surface area contributed by atoms with E-state index in [1.807, 2.05) is 24.3 Å². The third-order valence-electron chi connectivity index (χ3n) is 6.28. The number of carbonyl (C=O) groups is 2. The van der Waals surface area contributed by atoms with Crippen LogP contribution in [0.4, 0.5) is 0 Å². The molecule has 0 spiro atoms. The summed E-state index contributed by atoms with van der Waals surface area (Å²) in [6.45, 7) is 1.84. The van der Waals surface area contributed by atoms with Gasteiger partial charge in [-0.05, 0) is 53.8 Å². The predicted octanol–water partition coefficient (Wildman–Crippen LogP) is 1.77. The Labute approximate surface area is 192 Å². The van der Waals surface area contributed by atoms with E-state index in [0.717, 1.165) is 16.7 Å². The Kier molecular flexibility index (Phi) is 6.41. The van der Waals surface area contributed by atoms with Crippen molar-refractivity contribution in [1.29, 1.82) is 10.5 Å². The average Bonchev–Trinajstić information content (AvgIpc) is 3.27. The van der Waals surface area contributed by atoms with E-state index in [1.54, 1.807) is 29.2 Å². The van der Waals surface area contributed by atoms with Crippen LogP contribution in [-0.2, 0) is 29.0 Å². The van der Waals surface area contributed by atoms with Gasteiger partial charge in [-0.15, -0.1) is 0 Å². The van der Waals surface area contributed by atoms with Gasteiger partial charge in [0.2, 0.25) is 5.91 Å². The molecule has 33 heavy (non-hydrogen) atoms. The molecule has 1 unspecified atom stereocenters. The highest BCUT2D eigenvalue weighted by Crippen LogP contribution is 2.26. The second kappa shape index (κ2) is 9.41. The molecule has 168 valence electrons. The fraction of sp³-hybridized carbons (Fsp3) is 0.360. The number of carbonyl (C=O) groups excluding carboxylic acids is 2. The summed E-state index contributed by atoms with van der Waals surface area (Å²) in [6.07, 6.45) is 1.21. The van der Waals surface area contributed by atoms with Gasteiger partial charge in [0.05, 0.1) is 23.2 Å². The molecule has 0 bridgehead atoms. The van der Waals surface area contributed by atoms with Gasteiger partial charge >= 0.3 is 0 Å². The van der Waals surface area contributed by atoms with E-state index in [-0.39, 0.29) is 11.8 Å². The van der Waals surface area contributed by atoms with Crippen molar-refractivity contribution < 1.29 is 14.3 Å². The van der Waals surface area contributed by atoms with Crippen LogP contribution in [0, 0.1) is 22.7 Å². The molecule has 2 amide bonds. The summed E-state index contributed by atoms with van der Waals surface area (Å²) in [7, 11) is 0. The van der Waals surface area contributed by atoms with Crippen LogP contribution in [-0.4, -0.2) is 41.5 Å². The zero-order valence-electron chi connectivity index (χ0n) is 18.2. The molecule has 1 atom stereocenters. The van der Waals surface area contributed by atoms with Gasteiger partial charge < -0.3 is 20.7 Å². The molecule has 3 N–H and O–H groups in total. The molecule has 4 rings (SSSR count). The van der Waals surface area contributed by atoms with Gasteiger partial charge in [0.15, 0.2) is 0 Å². The number of hydrogen-bond donors (Lipinski definition) is 2. The van der Waals surface area contributed by atoms with E-state index >= 15 is 0 Å². The standard InChI is InChI=1S/C25H25N5O3/c26-13-17-1-4-19(5-2-17)23(31)30-15-20-6-3-18(11-21(20)16-30)12-22(14-27)29-24(32)25(28)7-9-33-10-8-25/h1-6,11,22H,7-10,12,15-16,28H2,(H,29,32). The molecule has 2 heterocycles. The summed E-state index contributed by atoms with van der Waals surface area (Å²) in [4.78, 5) is 27.3. The molecule has 1 fully saturated rings. The lowest BCUT2D eigenvalue weighted by molar-refractivity contribution is -0.130. The molecule has 8 nitrogen and oxygen atoms in total. The van der Waals surface area contributed by atoms with Crippen molar-refractivity contribution in [2.75, 3.05) is 13.2 Å². The van der Waals surface area contributed by atoms with Gasteiger partial charge in [0, 0.05) is 38.3 Å². The number of nitrogens with two attached hydrogens (primary N) is 1. The number of nitrogens with one attached hydrogen (secondary N) is 1. The van der Waals surface area contributed by atoms with E-state index in [2.05, 4.69) is 11.4 Å². The average molecular weight is 444 g/mol. The summed E-state index contributed by atoms with van der Waals surface area (Å²) in [5, 5.41) is 21.3. The highest BCUT2D eigenvalue weighted by Gasteiger charge is 2.37. The first kappa shape index (κ1) is 22.5. The number of fused-ring (bicyclic) bond motifs is 1. The molecule has 1 saturated heterocycles. The fourth-order valence-corrected chi connectivity index (χ4v) is 4.22. The zero-order valence-corrected chi connectivity index (χ0v) is 18.2. The molecule has 2 aromatic carbocycles. The lowest BCUT2D eigenvalue weighted by atomic mass is 9.90. The van der Waals surface area contributed by atoms with Gasteiger partial charge in [-0.3, -0.25) is 9.59 Å². The second-order valence-corrected chi connectivity index (χ2v) is 8.58. The van der Waals surface area contributed by atoms with Crippen LogP contribution >= 0.6 is 0 Å². The number of rotatable bonds is 5. The summed E-state index contributed by atoms with van der Waals surface area (Å²) < 4.78 is 5.28. The van der Waals surface area contributed by atoms with Crippen molar-refractivity contribution in [3.63, 3.8) is 0 Å². The minimum absolute atomic E-state index is 0.0934. The summed E-state index contributed by atoms with van der Waals surface area (Å²) in [5.41, 5.74) is 9.27. The van der Waals surface area contributed by atoms with Gasteiger partial charge in [0.25, 0.3) is 5.91 Å². The van der Waals surface area contributed by atoms with Gasteiger partial charge in [-0.1, -0.05) is 18.2 Å². The van der Waals surface area contributed by atoms with Crippen LogP contribution in [0.5, 0.6) is 0 Å². The van der Waals surface area contributed by atoms with Crippen molar-refractivity contribution in [2.45, 2.75) is 43.9 Å². The van der Waals surface area contributed by atoms with Crippen molar-refractivity contribution in [2.24, 2.45) is 5.73 Å². The number of hydrogen-bond acceptors (Lipinski definition) is 6. The first-order valence-electron chi connectivity index (χ1n) is 10.9. The van der Waals surface area contributed by atoms with Crippen LogP contribution in [0.2, 0.25) is 0 Å². The van der Waals surface area contributed by atoms with Crippen molar-refractivity contribution in [1.82, 2.24) is 10.2 Å². The molecular formula is C25H25N5O3. The maximum absolute atomic E-state index is 12.9. The third-order valence-corrected chi connectivity index (χ3v) is 6.28. The fourth-order valence-electron chi connectivity index (χ4n) is 4.22. The molecule has 0 aromatic heterocycles. The quantitative estimate of drug-likeness (QED) is 0.724. The van der Waals surface area contributed by atoms with Crippen LogP contribution < -0.4 is 11.1 Å². The first-order chi connectivity index (χ1) is 15.9. The third kappa shape index (κ3) is 4.88.